The molecule has 0 aliphatic rings. The average molecular weight is 341 g/mol. The van der Waals surface area contributed by atoms with Crippen LogP contribution in [0.1, 0.15) is 29.8 Å². The second-order valence-corrected chi connectivity index (χ2v) is 5.70. The molecule has 5 nitrogen and oxygen atoms in total. The Bertz CT molecular complexity index is 770. The van der Waals surface area contributed by atoms with Crippen LogP contribution in [0.5, 0.6) is 5.75 Å². The van der Waals surface area contributed by atoms with E-state index in [1.807, 2.05) is 36.4 Å². The molecule has 0 aliphatic heterocycles. The number of hydrogen-bond donors (Lipinski definition) is 1. The summed E-state index contributed by atoms with van der Waals surface area (Å²) in [6, 6.07) is 12.3. The van der Waals surface area contributed by atoms with E-state index in [-0.39, 0.29) is 12.4 Å². The minimum atomic E-state index is -0.753. The van der Waals surface area contributed by atoms with E-state index in [4.69, 9.17) is 15.2 Å². The van der Waals surface area contributed by atoms with Crippen LogP contribution in [0.3, 0.4) is 0 Å². The molecule has 0 bridgehead atoms. The highest BCUT2D eigenvalue weighted by Crippen LogP contribution is 2.33. The number of carbonyl (C=O) groups is 2. The fourth-order valence-corrected chi connectivity index (χ4v) is 2.70. The van der Waals surface area contributed by atoms with E-state index in [0.717, 1.165) is 16.7 Å². The Kier molecular flexibility index (Phi) is 6.31. The highest BCUT2D eigenvalue weighted by atomic mass is 16.5. The smallest absolute Gasteiger partial charge is 0.323 e. The molecule has 2 aromatic carbocycles. The van der Waals surface area contributed by atoms with Gasteiger partial charge in [-0.2, -0.15) is 0 Å². The molecular weight excluding hydrogens is 318 g/mol. The van der Waals surface area contributed by atoms with Crippen LogP contribution in [0.2, 0.25) is 0 Å². The van der Waals surface area contributed by atoms with E-state index in [1.54, 1.807) is 20.1 Å². The first-order chi connectivity index (χ1) is 12.0. The van der Waals surface area contributed by atoms with E-state index < -0.39 is 12.0 Å². The minimum absolute atomic E-state index is 0.0625. The fourth-order valence-electron chi connectivity index (χ4n) is 2.70. The van der Waals surface area contributed by atoms with Crippen LogP contribution < -0.4 is 10.5 Å². The number of nitrogens with two attached hydrogens (primary N) is 1. The van der Waals surface area contributed by atoms with Gasteiger partial charge in [-0.1, -0.05) is 30.3 Å². The molecule has 2 aromatic rings. The quantitative estimate of drug-likeness (QED) is 0.619. The fraction of sp³-hybridized carbons (Fsp3) is 0.300. The third-order valence-electron chi connectivity index (χ3n) is 3.91. The zero-order chi connectivity index (χ0) is 18.4. The van der Waals surface area contributed by atoms with Gasteiger partial charge >= 0.3 is 5.97 Å². The van der Waals surface area contributed by atoms with E-state index >= 15 is 0 Å². The first-order valence-corrected chi connectivity index (χ1v) is 8.17. The van der Waals surface area contributed by atoms with Crippen molar-refractivity contribution in [1.29, 1.82) is 0 Å². The third-order valence-corrected chi connectivity index (χ3v) is 3.91. The van der Waals surface area contributed by atoms with Crippen molar-refractivity contribution in [3.05, 3.63) is 53.6 Å². The van der Waals surface area contributed by atoms with Gasteiger partial charge in [0.05, 0.1) is 13.7 Å². The summed E-state index contributed by atoms with van der Waals surface area (Å²) in [5.74, 6) is 0.189. The lowest BCUT2D eigenvalue weighted by Gasteiger charge is -2.15. The summed E-state index contributed by atoms with van der Waals surface area (Å²) in [4.78, 5) is 23.9. The van der Waals surface area contributed by atoms with Gasteiger partial charge in [0.2, 0.25) is 0 Å². The van der Waals surface area contributed by atoms with Gasteiger partial charge in [0, 0.05) is 11.1 Å². The van der Waals surface area contributed by atoms with E-state index in [0.29, 0.717) is 17.7 Å². The Labute approximate surface area is 147 Å². The molecule has 25 heavy (non-hydrogen) atoms. The maximum absolute atomic E-state index is 12.1. The summed E-state index contributed by atoms with van der Waals surface area (Å²) in [5, 5.41) is 0. The standard InChI is InChI=1S/C20H23NO4/c1-4-25-20(23)18(21)12-14-9-10-15(17(11-14)13(2)22)16-7-5-6-8-19(16)24-3/h5-11,18H,4,12,21H2,1-3H3/t18-/m0/s1. The van der Waals surface area contributed by atoms with Crippen LogP contribution in [-0.2, 0) is 16.0 Å². The zero-order valence-corrected chi connectivity index (χ0v) is 14.7. The van der Waals surface area contributed by atoms with Crippen molar-refractivity contribution in [2.24, 2.45) is 5.73 Å². The van der Waals surface area contributed by atoms with E-state index in [9.17, 15) is 9.59 Å². The number of methoxy groups -OCH3 is 1. The molecule has 0 saturated heterocycles. The number of carbonyl (C=O) groups excluding carboxylic acids is 2. The first-order valence-electron chi connectivity index (χ1n) is 8.17. The highest BCUT2D eigenvalue weighted by Gasteiger charge is 2.18. The summed E-state index contributed by atoms with van der Waals surface area (Å²) in [6.45, 7) is 3.54. The molecule has 0 fully saturated rings. The largest absolute Gasteiger partial charge is 0.496 e. The summed E-state index contributed by atoms with van der Waals surface area (Å²) in [5.41, 5.74) is 8.89. The van der Waals surface area contributed by atoms with Gasteiger partial charge < -0.3 is 15.2 Å². The molecule has 0 aromatic heterocycles. The van der Waals surface area contributed by atoms with Crippen molar-refractivity contribution in [3.63, 3.8) is 0 Å². The normalized spacial score (nSPS) is 11.7. The Morgan fingerprint density at radius 2 is 1.84 bits per heavy atom. The number of hydrogen-bond acceptors (Lipinski definition) is 5. The lowest BCUT2D eigenvalue weighted by atomic mass is 9.93. The molecule has 0 saturated carbocycles. The van der Waals surface area contributed by atoms with Gasteiger partial charge in [-0.05, 0) is 43.5 Å². The molecule has 0 radical (unpaired) electrons. The SMILES string of the molecule is CCOC(=O)[C@@H](N)Cc1ccc(-c2ccccc2OC)c(C(C)=O)c1. The van der Waals surface area contributed by atoms with Crippen LogP contribution in [0.15, 0.2) is 42.5 Å². The molecule has 0 heterocycles. The maximum Gasteiger partial charge on any atom is 0.323 e. The Morgan fingerprint density at radius 3 is 2.48 bits per heavy atom. The molecule has 0 amide bonds. The Hall–Kier alpha value is -2.66. The topological polar surface area (TPSA) is 78.6 Å². The van der Waals surface area contributed by atoms with Crippen LogP contribution in [0.25, 0.3) is 11.1 Å². The zero-order valence-electron chi connectivity index (χ0n) is 14.7. The van der Waals surface area contributed by atoms with Crippen molar-refractivity contribution in [2.45, 2.75) is 26.3 Å². The number of rotatable bonds is 7. The lowest BCUT2D eigenvalue weighted by molar-refractivity contribution is -0.144. The summed E-state index contributed by atoms with van der Waals surface area (Å²) >= 11 is 0. The Balaban J connectivity index is 2.38. The number of benzene rings is 2. The number of ether oxygens (including phenoxy) is 2. The molecule has 2 rings (SSSR count). The van der Waals surface area contributed by atoms with Gasteiger partial charge in [0.15, 0.2) is 5.78 Å². The highest BCUT2D eigenvalue weighted by molar-refractivity contribution is 6.01. The monoisotopic (exact) mass is 341 g/mol. The predicted octanol–water partition coefficient (Wildman–Crippen LogP) is 3.00. The average Bonchev–Trinajstić information content (AvgIpc) is 2.61. The molecule has 5 heteroatoms. The number of Topliss-reactive ketones (excluding diaryl/α,β-unsaturated/α-hetero) is 1. The van der Waals surface area contributed by atoms with Crippen LogP contribution in [0, 0.1) is 0 Å². The molecule has 0 unspecified atom stereocenters. The van der Waals surface area contributed by atoms with Gasteiger partial charge in [-0.3, -0.25) is 9.59 Å². The van der Waals surface area contributed by atoms with Crippen molar-refractivity contribution in [2.75, 3.05) is 13.7 Å². The van der Waals surface area contributed by atoms with Crippen LogP contribution in [0.4, 0.5) is 0 Å². The molecule has 0 spiro atoms. The van der Waals surface area contributed by atoms with Crippen molar-refractivity contribution >= 4 is 11.8 Å². The molecular formula is C20H23NO4. The second-order valence-electron chi connectivity index (χ2n) is 5.70. The van der Waals surface area contributed by atoms with Crippen LogP contribution >= 0.6 is 0 Å². The van der Waals surface area contributed by atoms with Crippen LogP contribution in [-0.4, -0.2) is 31.5 Å². The van der Waals surface area contributed by atoms with Crippen molar-refractivity contribution in [3.8, 4) is 16.9 Å². The van der Waals surface area contributed by atoms with Gasteiger partial charge in [-0.15, -0.1) is 0 Å². The van der Waals surface area contributed by atoms with Crippen molar-refractivity contribution < 1.29 is 19.1 Å². The molecule has 0 aliphatic carbocycles. The number of esters is 1. The molecule has 132 valence electrons. The second kappa shape index (κ2) is 8.44. The minimum Gasteiger partial charge on any atom is -0.496 e. The summed E-state index contributed by atoms with van der Waals surface area (Å²) < 4.78 is 10.3. The summed E-state index contributed by atoms with van der Waals surface area (Å²) in [7, 11) is 1.60. The number of ketones is 1. The Morgan fingerprint density at radius 1 is 1.12 bits per heavy atom. The van der Waals surface area contributed by atoms with Gasteiger partial charge in [0.25, 0.3) is 0 Å². The molecule has 2 N–H and O–H groups in total. The number of para-hydroxylation sites is 1. The van der Waals surface area contributed by atoms with E-state index in [1.165, 1.54) is 6.92 Å². The summed E-state index contributed by atoms with van der Waals surface area (Å²) in [6.07, 6.45) is 0.311. The van der Waals surface area contributed by atoms with Gasteiger partial charge in [-0.25, -0.2) is 0 Å². The van der Waals surface area contributed by atoms with E-state index in [2.05, 4.69) is 0 Å². The predicted molar refractivity (Wildman–Crippen MR) is 96.7 cm³/mol. The lowest BCUT2D eigenvalue weighted by Crippen LogP contribution is -2.34. The third kappa shape index (κ3) is 4.45. The van der Waals surface area contributed by atoms with Crippen molar-refractivity contribution in [1.82, 2.24) is 0 Å². The molecule has 1 atom stereocenters. The maximum atomic E-state index is 12.1. The van der Waals surface area contributed by atoms with Gasteiger partial charge in [0.1, 0.15) is 11.8 Å². The first kappa shape index (κ1) is 18.7.